The molecule has 112 valence electrons. The molecule has 2 heterocycles. The van der Waals surface area contributed by atoms with Crippen LogP contribution in [-0.2, 0) is 13.1 Å². The number of furan rings is 1. The zero-order valence-corrected chi connectivity index (χ0v) is 12.5. The van der Waals surface area contributed by atoms with E-state index in [1.54, 1.807) is 0 Å². The number of nitrogens with one attached hydrogen (secondary N) is 1. The summed E-state index contributed by atoms with van der Waals surface area (Å²) in [7, 11) is 0. The third kappa shape index (κ3) is 3.39. The second-order valence-electron chi connectivity index (χ2n) is 5.24. The summed E-state index contributed by atoms with van der Waals surface area (Å²) >= 11 is 0. The van der Waals surface area contributed by atoms with Crippen LogP contribution in [0.1, 0.15) is 24.9 Å². The van der Waals surface area contributed by atoms with Gasteiger partial charge in [0.2, 0.25) is 0 Å². The molecule has 4 heteroatoms. The van der Waals surface area contributed by atoms with Gasteiger partial charge in [0, 0.05) is 6.54 Å². The summed E-state index contributed by atoms with van der Waals surface area (Å²) in [6.45, 7) is 6.38. The van der Waals surface area contributed by atoms with Gasteiger partial charge in [-0.05, 0) is 37.2 Å². The maximum Gasteiger partial charge on any atom is 0.142 e. The standard InChI is InChI=1S/C17H22N2O2/c1-2-18-12-14-8-9-15(21-14)13-19-10-5-11-20-17-7-4-3-6-16(17)19/h3-4,6-9,18H,2,5,10-13H2,1H3. The summed E-state index contributed by atoms with van der Waals surface area (Å²) in [6.07, 6.45) is 1.03. The Kier molecular flexibility index (Phi) is 4.46. The molecule has 0 unspecified atom stereocenters. The molecule has 0 saturated carbocycles. The highest BCUT2D eigenvalue weighted by atomic mass is 16.5. The van der Waals surface area contributed by atoms with Crippen LogP contribution in [0.3, 0.4) is 0 Å². The lowest BCUT2D eigenvalue weighted by Gasteiger charge is -2.22. The summed E-state index contributed by atoms with van der Waals surface area (Å²) in [5, 5.41) is 3.28. The van der Waals surface area contributed by atoms with E-state index in [4.69, 9.17) is 9.15 Å². The maximum absolute atomic E-state index is 5.90. The quantitative estimate of drug-likeness (QED) is 0.916. The predicted octanol–water partition coefficient (Wildman–Crippen LogP) is 3.18. The number of benzene rings is 1. The Morgan fingerprint density at radius 3 is 2.90 bits per heavy atom. The number of ether oxygens (including phenoxy) is 1. The first-order valence-electron chi connectivity index (χ1n) is 7.62. The van der Waals surface area contributed by atoms with Gasteiger partial charge in [-0.1, -0.05) is 19.1 Å². The number of hydrogen-bond donors (Lipinski definition) is 1. The molecular weight excluding hydrogens is 264 g/mol. The lowest BCUT2D eigenvalue weighted by Crippen LogP contribution is -2.22. The van der Waals surface area contributed by atoms with Gasteiger partial charge in [-0.25, -0.2) is 0 Å². The minimum atomic E-state index is 0.775. The molecule has 4 nitrogen and oxygen atoms in total. The van der Waals surface area contributed by atoms with Crippen molar-refractivity contribution in [3.8, 4) is 5.75 Å². The molecule has 0 atom stereocenters. The number of rotatable bonds is 5. The molecule has 1 N–H and O–H groups in total. The van der Waals surface area contributed by atoms with E-state index in [-0.39, 0.29) is 0 Å². The molecule has 1 aliphatic rings. The van der Waals surface area contributed by atoms with Crippen molar-refractivity contribution in [1.29, 1.82) is 0 Å². The van der Waals surface area contributed by atoms with Gasteiger partial charge in [-0.2, -0.15) is 0 Å². The Morgan fingerprint density at radius 1 is 1.14 bits per heavy atom. The van der Waals surface area contributed by atoms with Gasteiger partial charge in [0.15, 0.2) is 0 Å². The van der Waals surface area contributed by atoms with E-state index in [0.717, 1.165) is 62.2 Å². The highest BCUT2D eigenvalue weighted by Gasteiger charge is 2.17. The van der Waals surface area contributed by atoms with Crippen LogP contribution in [-0.4, -0.2) is 19.7 Å². The topological polar surface area (TPSA) is 37.6 Å². The van der Waals surface area contributed by atoms with Crippen molar-refractivity contribution < 1.29 is 9.15 Å². The van der Waals surface area contributed by atoms with Crippen LogP contribution < -0.4 is 15.0 Å². The lowest BCUT2D eigenvalue weighted by atomic mass is 10.2. The highest BCUT2D eigenvalue weighted by Crippen LogP contribution is 2.31. The predicted molar refractivity (Wildman–Crippen MR) is 83.7 cm³/mol. The number of anilines is 1. The molecule has 2 aromatic rings. The molecule has 0 amide bonds. The Bertz CT molecular complexity index is 580. The van der Waals surface area contributed by atoms with Gasteiger partial charge < -0.3 is 19.4 Å². The molecule has 0 saturated heterocycles. The number of fused-ring (bicyclic) bond motifs is 1. The first kappa shape index (κ1) is 14.0. The zero-order valence-electron chi connectivity index (χ0n) is 12.5. The molecule has 0 spiro atoms. The molecule has 0 radical (unpaired) electrons. The second-order valence-corrected chi connectivity index (χ2v) is 5.24. The van der Waals surface area contributed by atoms with Gasteiger partial charge in [0.1, 0.15) is 17.3 Å². The molecule has 3 rings (SSSR count). The van der Waals surface area contributed by atoms with Gasteiger partial charge in [0.25, 0.3) is 0 Å². The van der Waals surface area contributed by atoms with Crippen LogP contribution in [0.25, 0.3) is 0 Å². The zero-order chi connectivity index (χ0) is 14.5. The fourth-order valence-corrected chi connectivity index (χ4v) is 2.60. The third-order valence-electron chi connectivity index (χ3n) is 3.65. The average molecular weight is 286 g/mol. The fraction of sp³-hybridized carbons (Fsp3) is 0.412. The van der Waals surface area contributed by atoms with Gasteiger partial charge >= 0.3 is 0 Å². The van der Waals surface area contributed by atoms with Crippen molar-refractivity contribution in [3.05, 3.63) is 47.9 Å². The van der Waals surface area contributed by atoms with E-state index < -0.39 is 0 Å². The maximum atomic E-state index is 5.90. The minimum Gasteiger partial charge on any atom is -0.491 e. The largest absolute Gasteiger partial charge is 0.491 e. The van der Waals surface area contributed by atoms with Crippen LogP contribution >= 0.6 is 0 Å². The summed E-state index contributed by atoms with van der Waals surface area (Å²) in [6, 6.07) is 12.3. The number of para-hydroxylation sites is 2. The summed E-state index contributed by atoms with van der Waals surface area (Å²) < 4.78 is 11.7. The first-order chi connectivity index (χ1) is 10.4. The van der Waals surface area contributed by atoms with Gasteiger partial charge in [-0.15, -0.1) is 0 Å². The van der Waals surface area contributed by atoms with Crippen molar-refractivity contribution in [3.63, 3.8) is 0 Å². The van der Waals surface area contributed by atoms with E-state index in [9.17, 15) is 0 Å². The van der Waals surface area contributed by atoms with Crippen LogP contribution in [0.2, 0.25) is 0 Å². The van der Waals surface area contributed by atoms with Gasteiger partial charge in [-0.3, -0.25) is 0 Å². The van der Waals surface area contributed by atoms with E-state index in [2.05, 4.69) is 41.4 Å². The SMILES string of the molecule is CCNCc1ccc(CN2CCCOc3ccccc32)o1. The van der Waals surface area contributed by atoms with Crippen molar-refractivity contribution in [1.82, 2.24) is 5.32 Å². The van der Waals surface area contributed by atoms with E-state index in [0.29, 0.717) is 0 Å². The van der Waals surface area contributed by atoms with Crippen molar-refractivity contribution in [2.24, 2.45) is 0 Å². The summed E-state index contributed by atoms with van der Waals surface area (Å²) in [4.78, 5) is 2.33. The van der Waals surface area contributed by atoms with Crippen LogP contribution in [0.4, 0.5) is 5.69 Å². The Balaban J connectivity index is 1.73. The van der Waals surface area contributed by atoms with E-state index >= 15 is 0 Å². The molecule has 1 aromatic carbocycles. The third-order valence-corrected chi connectivity index (χ3v) is 3.65. The Labute approximate surface area is 125 Å². The number of hydrogen-bond acceptors (Lipinski definition) is 4. The molecule has 1 aliphatic heterocycles. The summed E-state index contributed by atoms with van der Waals surface area (Å²) in [5.41, 5.74) is 1.15. The first-order valence-corrected chi connectivity index (χ1v) is 7.62. The molecule has 0 bridgehead atoms. The smallest absolute Gasteiger partial charge is 0.142 e. The van der Waals surface area contributed by atoms with Gasteiger partial charge in [0.05, 0.1) is 25.4 Å². The Morgan fingerprint density at radius 2 is 2.00 bits per heavy atom. The molecule has 0 aliphatic carbocycles. The van der Waals surface area contributed by atoms with E-state index in [1.807, 2.05) is 12.1 Å². The van der Waals surface area contributed by atoms with Crippen LogP contribution in [0.15, 0.2) is 40.8 Å². The lowest BCUT2D eigenvalue weighted by molar-refractivity contribution is 0.322. The van der Waals surface area contributed by atoms with Crippen LogP contribution in [0.5, 0.6) is 5.75 Å². The van der Waals surface area contributed by atoms with E-state index in [1.165, 1.54) is 0 Å². The summed E-state index contributed by atoms with van der Waals surface area (Å²) in [5.74, 6) is 2.96. The fourth-order valence-electron chi connectivity index (χ4n) is 2.60. The van der Waals surface area contributed by atoms with Crippen molar-refractivity contribution >= 4 is 5.69 Å². The highest BCUT2D eigenvalue weighted by molar-refractivity contribution is 5.58. The Hall–Kier alpha value is -1.94. The number of nitrogens with zero attached hydrogens (tertiary/aromatic N) is 1. The normalized spacial score (nSPS) is 14.4. The molecular formula is C17H22N2O2. The molecule has 21 heavy (non-hydrogen) atoms. The second kappa shape index (κ2) is 6.68. The average Bonchev–Trinajstić information content (AvgIpc) is 2.86. The molecule has 1 aromatic heterocycles. The monoisotopic (exact) mass is 286 g/mol. The van der Waals surface area contributed by atoms with Crippen LogP contribution in [0, 0.1) is 0 Å². The van der Waals surface area contributed by atoms with Crippen molar-refractivity contribution in [2.45, 2.75) is 26.4 Å². The van der Waals surface area contributed by atoms with Crippen molar-refractivity contribution in [2.75, 3.05) is 24.6 Å². The minimum absolute atomic E-state index is 0.775. The molecule has 0 fully saturated rings.